The molecule has 0 unspecified atom stereocenters. The number of benzene rings is 1. The molecule has 1 aliphatic rings. The van der Waals surface area contributed by atoms with Crippen molar-refractivity contribution in [3.63, 3.8) is 0 Å². The number of phenolic OH excluding ortho intramolecular Hbond substituents is 1. The fraction of sp³-hybridized carbons (Fsp3) is 0.188. The number of hydrogen-bond donors (Lipinski definition) is 2. The minimum Gasteiger partial charge on any atom is -0.508 e. The van der Waals surface area contributed by atoms with Gasteiger partial charge in [0.1, 0.15) is 5.75 Å². The molecule has 1 heterocycles. The van der Waals surface area contributed by atoms with Crippen LogP contribution in [0, 0.1) is 0 Å². The van der Waals surface area contributed by atoms with Gasteiger partial charge in [-0.1, -0.05) is 12.1 Å². The molecule has 3 nitrogen and oxygen atoms in total. The highest BCUT2D eigenvalue weighted by Gasteiger charge is 2.25. The maximum Gasteiger partial charge on any atom is 0.244 e. The van der Waals surface area contributed by atoms with E-state index in [1.165, 1.54) is 0 Å². The van der Waals surface area contributed by atoms with Crippen LogP contribution in [-0.4, -0.2) is 11.0 Å². The average Bonchev–Trinajstić information content (AvgIpc) is 3.07. The third-order valence-electron chi connectivity index (χ3n) is 3.53. The van der Waals surface area contributed by atoms with Gasteiger partial charge in [-0.25, -0.2) is 0 Å². The fourth-order valence-electron chi connectivity index (χ4n) is 2.55. The van der Waals surface area contributed by atoms with E-state index < -0.39 is 0 Å². The van der Waals surface area contributed by atoms with Crippen LogP contribution in [0.15, 0.2) is 41.1 Å². The Kier molecular flexibility index (Phi) is 3.56. The molecule has 0 saturated carbocycles. The Labute approximate surface area is 121 Å². The zero-order valence-electron chi connectivity index (χ0n) is 10.9. The van der Waals surface area contributed by atoms with E-state index in [0.717, 1.165) is 29.5 Å². The van der Waals surface area contributed by atoms with Crippen molar-refractivity contribution in [3.8, 4) is 5.75 Å². The molecular formula is C16H15NO2S. The summed E-state index contributed by atoms with van der Waals surface area (Å²) in [5.41, 5.74) is 3.02. The summed E-state index contributed by atoms with van der Waals surface area (Å²) in [6, 6.07) is 7.45. The molecule has 20 heavy (non-hydrogen) atoms. The Balaban J connectivity index is 1.68. The van der Waals surface area contributed by atoms with E-state index in [1.54, 1.807) is 23.5 Å². The second kappa shape index (κ2) is 5.51. The van der Waals surface area contributed by atoms with E-state index in [9.17, 15) is 9.90 Å². The van der Waals surface area contributed by atoms with Crippen molar-refractivity contribution in [2.24, 2.45) is 0 Å². The number of carbonyl (C=O) groups is 1. The van der Waals surface area contributed by atoms with Gasteiger partial charge in [0.05, 0.1) is 6.04 Å². The first-order valence-electron chi connectivity index (χ1n) is 6.55. The van der Waals surface area contributed by atoms with Crippen LogP contribution in [0.4, 0.5) is 0 Å². The van der Waals surface area contributed by atoms with Gasteiger partial charge in [0.15, 0.2) is 0 Å². The Morgan fingerprint density at radius 1 is 1.40 bits per heavy atom. The first-order valence-corrected chi connectivity index (χ1v) is 7.50. The molecule has 0 aliphatic heterocycles. The fourth-order valence-corrected chi connectivity index (χ4v) is 3.18. The van der Waals surface area contributed by atoms with E-state index in [-0.39, 0.29) is 11.9 Å². The number of phenols is 1. The second-order valence-corrected chi connectivity index (χ2v) is 5.61. The first kappa shape index (κ1) is 12.9. The number of nitrogens with one attached hydrogen (secondary N) is 1. The van der Waals surface area contributed by atoms with Crippen molar-refractivity contribution in [1.82, 2.24) is 5.32 Å². The van der Waals surface area contributed by atoms with Gasteiger partial charge in [-0.2, -0.15) is 11.3 Å². The van der Waals surface area contributed by atoms with E-state index in [4.69, 9.17) is 0 Å². The predicted octanol–water partition coefficient (Wildman–Crippen LogP) is 3.27. The summed E-state index contributed by atoms with van der Waals surface area (Å²) in [5, 5.41) is 16.7. The molecule has 2 N–H and O–H groups in total. The van der Waals surface area contributed by atoms with E-state index >= 15 is 0 Å². The minimum absolute atomic E-state index is 0.00303. The van der Waals surface area contributed by atoms with Gasteiger partial charge in [0.2, 0.25) is 5.91 Å². The number of hydrogen-bond acceptors (Lipinski definition) is 3. The van der Waals surface area contributed by atoms with Crippen LogP contribution in [0.25, 0.3) is 6.08 Å². The third-order valence-corrected chi connectivity index (χ3v) is 4.23. The number of rotatable bonds is 3. The van der Waals surface area contributed by atoms with E-state index in [0.29, 0.717) is 5.75 Å². The van der Waals surface area contributed by atoms with Crippen LogP contribution in [0.2, 0.25) is 0 Å². The normalized spacial score (nSPS) is 17.3. The topological polar surface area (TPSA) is 49.3 Å². The van der Waals surface area contributed by atoms with Crippen molar-refractivity contribution in [2.75, 3.05) is 0 Å². The molecule has 1 amide bonds. The van der Waals surface area contributed by atoms with Crippen molar-refractivity contribution in [1.29, 1.82) is 0 Å². The van der Waals surface area contributed by atoms with Crippen molar-refractivity contribution in [3.05, 3.63) is 57.8 Å². The van der Waals surface area contributed by atoms with Crippen molar-refractivity contribution >= 4 is 23.3 Å². The molecule has 1 atom stereocenters. The summed E-state index contributed by atoms with van der Waals surface area (Å²) in [7, 11) is 0. The summed E-state index contributed by atoms with van der Waals surface area (Å²) in [4.78, 5) is 11.9. The molecule has 0 spiro atoms. The van der Waals surface area contributed by atoms with Gasteiger partial charge in [-0.3, -0.25) is 4.79 Å². The van der Waals surface area contributed by atoms with Crippen LogP contribution in [-0.2, 0) is 11.2 Å². The highest BCUT2D eigenvalue weighted by atomic mass is 32.1. The molecule has 1 aromatic heterocycles. The van der Waals surface area contributed by atoms with Gasteiger partial charge in [-0.15, -0.1) is 0 Å². The smallest absolute Gasteiger partial charge is 0.244 e. The summed E-state index contributed by atoms with van der Waals surface area (Å²) in [5.74, 6) is 0.227. The summed E-state index contributed by atoms with van der Waals surface area (Å²) >= 11 is 1.61. The van der Waals surface area contributed by atoms with E-state index in [2.05, 4.69) is 5.32 Å². The molecule has 0 fully saturated rings. The molecule has 0 saturated heterocycles. The number of thiophene rings is 1. The highest BCUT2D eigenvalue weighted by molar-refractivity contribution is 7.08. The third kappa shape index (κ3) is 2.60. The molecule has 0 radical (unpaired) electrons. The minimum atomic E-state index is -0.0996. The summed E-state index contributed by atoms with van der Waals surface area (Å²) in [6.45, 7) is 0. The molecule has 4 heteroatoms. The van der Waals surface area contributed by atoms with Crippen molar-refractivity contribution in [2.45, 2.75) is 18.9 Å². The lowest BCUT2D eigenvalue weighted by Gasteiger charge is -2.12. The standard InChI is InChI=1S/C16H15NO2S/c18-15-3-1-2-12-13(15)5-6-14(12)17-16(19)7-4-11-8-9-20-10-11/h1-4,7-10,14,18H,5-6H2,(H,17,19)/b7-4-/t14-/m0/s1. The number of amides is 1. The molecule has 0 bridgehead atoms. The van der Waals surface area contributed by atoms with Gasteiger partial charge in [0, 0.05) is 6.08 Å². The summed E-state index contributed by atoms with van der Waals surface area (Å²) < 4.78 is 0. The SMILES string of the molecule is O=C(/C=C\c1ccsc1)N[C@H]1CCc2c(O)cccc21. The first-order chi connectivity index (χ1) is 9.74. The maximum absolute atomic E-state index is 11.9. The van der Waals surface area contributed by atoms with Gasteiger partial charge in [0.25, 0.3) is 0 Å². The zero-order valence-corrected chi connectivity index (χ0v) is 11.7. The van der Waals surface area contributed by atoms with Crippen LogP contribution >= 0.6 is 11.3 Å². The van der Waals surface area contributed by atoms with Gasteiger partial charge in [-0.05, 0) is 58.5 Å². The molecule has 2 aromatic rings. The number of fused-ring (bicyclic) bond motifs is 1. The Morgan fingerprint density at radius 2 is 2.30 bits per heavy atom. The lowest BCUT2D eigenvalue weighted by molar-refractivity contribution is -0.117. The largest absolute Gasteiger partial charge is 0.508 e. The molecule has 3 rings (SSSR count). The van der Waals surface area contributed by atoms with Crippen LogP contribution < -0.4 is 5.32 Å². The number of carbonyl (C=O) groups excluding carboxylic acids is 1. The van der Waals surface area contributed by atoms with Gasteiger partial charge < -0.3 is 10.4 Å². The maximum atomic E-state index is 11.9. The van der Waals surface area contributed by atoms with Crippen LogP contribution in [0.1, 0.15) is 29.2 Å². The molecule has 1 aromatic carbocycles. The Morgan fingerprint density at radius 3 is 3.10 bits per heavy atom. The molecule has 1 aliphatic carbocycles. The van der Waals surface area contributed by atoms with Gasteiger partial charge >= 0.3 is 0 Å². The quantitative estimate of drug-likeness (QED) is 0.850. The highest BCUT2D eigenvalue weighted by Crippen LogP contribution is 2.36. The molecular weight excluding hydrogens is 270 g/mol. The van der Waals surface area contributed by atoms with Crippen LogP contribution in [0.3, 0.4) is 0 Å². The predicted molar refractivity (Wildman–Crippen MR) is 80.7 cm³/mol. The Bertz CT molecular complexity index is 647. The Hall–Kier alpha value is -2.07. The monoisotopic (exact) mass is 285 g/mol. The lowest BCUT2D eigenvalue weighted by Crippen LogP contribution is -2.25. The van der Waals surface area contributed by atoms with E-state index in [1.807, 2.05) is 35.0 Å². The summed E-state index contributed by atoms with van der Waals surface area (Å²) in [6.07, 6.45) is 5.01. The number of aromatic hydroxyl groups is 1. The van der Waals surface area contributed by atoms with Crippen molar-refractivity contribution < 1.29 is 9.90 Å². The lowest BCUT2D eigenvalue weighted by atomic mass is 10.1. The molecule has 102 valence electrons. The van der Waals surface area contributed by atoms with Crippen LogP contribution in [0.5, 0.6) is 5.75 Å². The zero-order chi connectivity index (χ0) is 13.9. The average molecular weight is 285 g/mol. The second-order valence-electron chi connectivity index (χ2n) is 4.83.